The molecule has 1 aliphatic heterocycles. The van der Waals surface area contributed by atoms with E-state index in [1.807, 2.05) is 23.8 Å². The fourth-order valence-corrected chi connectivity index (χ4v) is 3.70. The molecule has 0 saturated carbocycles. The van der Waals surface area contributed by atoms with Crippen molar-refractivity contribution in [2.24, 2.45) is 5.84 Å². The molecule has 2 aromatic heterocycles. The van der Waals surface area contributed by atoms with E-state index in [2.05, 4.69) is 10.3 Å². The number of hydrogen-bond donors (Lipinski definition) is 3. The first-order valence-corrected chi connectivity index (χ1v) is 10.3. The zero-order valence-electron chi connectivity index (χ0n) is 16.2. The molecule has 0 saturated heterocycles. The molecule has 0 unspecified atom stereocenters. The Labute approximate surface area is 172 Å². The number of hydrogen-bond acceptors (Lipinski definition) is 8. The summed E-state index contributed by atoms with van der Waals surface area (Å²) in [5.41, 5.74) is 3.11. The van der Waals surface area contributed by atoms with Crippen LogP contribution >= 0.6 is 0 Å². The van der Waals surface area contributed by atoms with Gasteiger partial charge in [0, 0.05) is 17.8 Å². The summed E-state index contributed by atoms with van der Waals surface area (Å²) in [5.74, 6) is 7.92. The number of rotatable bonds is 6. The molecule has 1 aromatic carbocycles. The van der Waals surface area contributed by atoms with Crippen LogP contribution < -0.4 is 15.3 Å². The first-order valence-electron chi connectivity index (χ1n) is 8.88. The molecule has 11 nitrogen and oxygen atoms in total. The lowest BCUT2D eigenvalue weighted by Gasteiger charge is -2.22. The van der Waals surface area contributed by atoms with Crippen LogP contribution in [0.2, 0.25) is 0 Å². The molecule has 3 aromatic rings. The molecule has 158 valence electrons. The van der Waals surface area contributed by atoms with Gasteiger partial charge in [-0.15, -0.1) is 5.10 Å². The zero-order chi connectivity index (χ0) is 21.5. The number of anilines is 1. The number of nitrogens with one attached hydrogen (secondary N) is 1. The van der Waals surface area contributed by atoms with E-state index in [0.29, 0.717) is 30.3 Å². The quantitative estimate of drug-likeness (QED) is 0.389. The molecule has 0 atom stereocenters. The summed E-state index contributed by atoms with van der Waals surface area (Å²) >= 11 is 0. The topological polar surface area (TPSA) is 149 Å². The van der Waals surface area contributed by atoms with Gasteiger partial charge in [-0.25, -0.2) is 10.5 Å². The Balaban J connectivity index is 1.66. The van der Waals surface area contributed by atoms with E-state index < -0.39 is 10.3 Å². The molecule has 0 amide bonds. The summed E-state index contributed by atoms with van der Waals surface area (Å²) in [5, 5.41) is 10.1. The van der Waals surface area contributed by atoms with Crippen molar-refractivity contribution in [3.8, 4) is 5.75 Å². The number of aromatic nitrogens is 3. The van der Waals surface area contributed by atoms with Gasteiger partial charge in [-0.1, -0.05) is 11.3 Å². The molecule has 1 aliphatic rings. The number of hydrazine groups is 1. The second-order valence-corrected chi connectivity index (χ2v) is 7.93. The number of furan rings is 1. The number of fused-ring (bicyclic) bond motifs is 1. The highest BCUT2D eigenvalue weighted by atomic mass is 32.2. The van der Waals surface area contributed by atoms with Gasteiger partial charge in [0.1, 0.15) is 23.0 Å². The van der Waals surface area contributed by atoms with E-state index in [1.54, 1.807) is 16.9 Å². The fraction of sp³-hybridized carbons (Fsp3) is 0.222. The van der Waals surface area contributed by atoms with Crippen LogP contribution in [0.25, 0.3) is 5.57 Å². The van der Waals surface area contributed by atoms with E-state index >= 15 is 0 Å². The normalized spacial score (nSPS) is 13.7. The van der Waals surface area contributed by atoms with Gasteiger partial charge in [-0.2, -0.15) is 8.42 Å². The molecule has 4 N–H and O–H groups in total. The summed E-state index contributed by atoms with van der Waals surface area (Å²) in [6, 6.07) is 8.38. The van der Waals surface area contributed by atoms with Crippen molar-refractivity contribution < 1.29 is 22.1 Å². The first kappa shape index (κ1) is 19.9. The number of nitrogens with two attached hydrogens (primary N) is 1. The highest BCUT2D eigenvalue weighted by molar-refractivity contribution is 7.87. The van der Waals surface area contributed by atoms with Gasteiger partial charge in [0.25, 0.3) is 0 Å². The minimum absolute atomic E-state index is 0.172. The number of methoxy groups -OCH3 is 1. The van der Waals surface area contributed by atoms with Crippen molar-refractivity contribution >= 4 is 21.6 Å². The standard InChI is InChI=1S/C18H20N6O5S/c1-11-3-6-16(29-11)14-9-23(19)10-15-18(14)20-22-24(15)8-12-4-5-13(7-17(12)28-2)21-30(25,26)27/h3-7,9,21H,8,10,19H2,1-2H3,(H,25,26,27). The van der Waals surface area contributed by atoms with E-state index in [9.17, 15) is 8.42 Å². The molecule has 12 heteroatoms. The third-order valence-electron chi connectivity index (χ3n) is 4.58. The number of aryl methyl sites for hydroxylation is 1. The second-order valence-electron chi connectivity index (χ2n) is 6.77. The van der Waals surface area contributed by atoms with Crippen LogP contribution in [0.3, 0.4) is 0 Å². The third-order valence-corrected chi connectivity index (χ3v) is 5.07. The van der Waals surface area contributed by atoms with Crippen LogP contribution in [0, 0.1) is 6.92 Å². The average molecular weight is 432 g/mol. The molecule has 0 spiro atoms. The summed E-state index contributed by atoms with van der Waals surface area (Å²) in [6.45, 7) is 2.57. The molecule has 0 fully saturated rings. The highest BCUT2D eigenvalue weighted by Crippen LogP contribution is 2.31. The third kappa shape index (κ3) is 4.01. The first-order chi connectivity index (χ1) is 14.2. The Morgan fingerprint density at radius 2 is 2.13 bits per heavy atom. The molecule has 0 aliphatic carbocycles. The van der Waals surface area contributed by atoms with Crippen molar-refractivity contribution in [2.75, 3.05) is 11.8 Å². The summed E-state index contributed by atoms with van der Waals surface area (Å²) in [7, 11) is -2.91. The van der Waals surface area contributed by atoms with Crippen LogP contribution in [0.4, 0.5) is 5.69 Å². The van der Waals surface area contributed by atoms with E-state index in [0.717, 1.165) is 22.6 Å². The lowest BCUT2D eigenvalue weighted by molar-refractivity contribution is 0.363. The number of ether oxygens (including phenoxy) is 1. The Bertz CT molecular complexity index is 1230. The predicted octanol–water partition coefficient (Wildman–Crippen LogP) is 1.53. The lowest BCUT2D eigenvalue weighted by atomic mass is 10.1. The Kier molecular flexibility index (Phi) is 4.97. The maximum Gasteiger partial charge on any atom is 0.357 e. The molecule has 3 heterocycles. The van der Waals surface area contributed by atoms with Crippen molar-refractivity contribution in [3.63, 3.8) is 0 Å². The Morgan fingerprint density at radius 1 is 1.33 bits per heavy atom. The SMILES string of the molecule is COc1cc(NS(=O)(=O)O)ccc1Cn1nnc2c1CN(N)C=C2c1ccc(C)o1. The number of nitrogens with zero attached hydrogens (tertiary/aromatic N) is 4. The van der Waals surface area contributed by atoms with Gasteiger partial charge < -0.3 is 14.2 Å². The maximum atomic E-state index is 11.0. The van der Waals surface area contributed by atoms with Gasteiger partial charge in [-0.05, 0) is 25.1 Å². The van der Waals surface area contributed by atoms with E-state index in [1.165, 1.54) is 24.3 Å². The van der Waals surface area contributed by atoms with Crippen LogP contribution in [-0.4, -0.2) is 40.1 Å². The van der Waals surface area contributed by atoms with Crippen molar-refractivity contribution in [1.82, 2.24) is 20.0 Å². The summed E-state index contributed by atoms with van der Waals surface area (Å²) < 4.78 is 45.8. The zero-order valence-corrected chi connectivity index (χ0v) is 17.0. The second kappa shape index (κ2) is 7.48. The van der Waals surface area contributed by atoms with Crippen molar-refractivity contribution in [3.05, 3.63) is 65.0 Å². The van der Waals surface area contributed by atoms with Gasteiger partial charge in [0.2, 0.25) is 0 Å². The molecular formula is C18H20N6O5S. The molecule has 4 rings (SSSR count). The van der Waals surface area contributed by atoms with Gasteiger partial charge in [-0.3, -0.25) is 9.27 Å². The maximum absolute atomic E-state index is 11.0. The number of benzene rings is 1. The monoisotopic (exact) mass is 432 g/mol. The Hall–Kier alpha value is -3.35. The minimum atomic E-state index is -4.38. The lowest BCUT2D eigenvalue weighted by Crippen LogP contribution is -2.29. The molecule has 30 heavy (non-hydrogen) atoms. The van der Waals surface area contributed by atoms with Crippen molar-refractivity contribution in [2.45, 2.75) is 20.0 Å². The Morgan fingerprint density at radius 3 is 2.80 bits per heavy atom. The van der Waals surface area contributed by atoms with Crippen LogP contribution in [-0.2, 0) is 23.4 Å². The smallest absolute Gasteiger partial charge is 0.357 e. The van der Waals surface area contributed by atoms with Crippen LogP contribution in [0.15, 0.2) is 40.9 Å². The predicted molar refractivity (Wildman–Crippen MR) is 108 cm³/mol. The molecule has 0 radical (unpaired) electrons. The summed E-state index contributed by atoms with van der Waals surface area (Å²) in [6.07, 6.45) is 1.76. The highest BCUT2D eigenvalue weighted by Gasteiger charge is 2.26. The van der Waals surface area contributed by atoms with Crippen LogP contribution in [0.5, 0.6) is 5.75 Å². The molecular weight excluding hydrogens is 412 g/mol. The minimum Gasteiger partial charge on any atom is -0.496 e. The van der Waals surface area contributed by atoms with Crippen LogP contribution in [0.1, 0.15) is 28.5 Å². The largest absolute Gasteiger partial charge is 0.496 e. The van der Waals surface area contributed by atoms with Gasteiger partial charge in [0.05, 0.1) is 37.2 Å². The van der Waals surface area contributed by atoms with Gasteiger partial charge in [0.15, 0.2) is 0 Å². The summed E-state index contributed by atoms with van der Waals surface area (Å²) in [4.78, 5) is 0. The van der Waals surface area contributed by atoms with Crippen molar-refractivity contribution in [1.29, 1.82) is 0 Å². The van der Waals surface area contributed by atoms with E-state index in [4.69, 9.17) is 19.5 Å². The van der Waals surface area contributed by atoms with Gasteiger partial charge >= 0.3 is 10.3 Å². The van der Waals surface area contributed by atoms with E-state index in [-0.39, 0.29) is 5.69 Å². The average Bonchev–Trinajstić information content (AvgIpc) is 3.27. The fourth-order valence-electron chi connectivity index (χ4n) is 3.28. The molecule has 0 bridgehead atoms.